The monoisotopic (exact) mass is 658 g/mol. The first kappa shape index (κ1) is 31.2. The number of fused-ring (bicyclic) bond motifs is 3. The number of aromatic nitrogens is 3. The average Bonchev–Trinajstić information content (AvgIpc) is 3.84. The van der Waals surface area contributed by atoms with Crippen LogP contribution in [0.5, 0.6) is 5.88 Å². The third-order valence-corrected chi connectivity index (χ3v) is 10.4. The van der Waals surface area contributed by atoms with Gasteiger partial charge in [-0.3, -0.25) is 19.4 Å². The van der Waals surface area contributed by atoms with Crippen LogP contribution >= 0.6 is 0 Å². The van der Waals surface area contributed by atoms with Crippen molar-refractivity contribution in [2.75, 3.05) is 37.6 Å². The van der Waals surface area contributed by atoms with E-state index in [9.17, 15) is 9.59 Å². The molecule has 3 aliphatic rings. The molecule has 1 N–H and O–H groups in total. The number of hydrogen-bond donors (Lipinski definition) is 1. The summed E-state index contributed by atoms with van der Waals surface area (Å²) in [5, 5.41) is 6.01. The molecular weight excluding hydrogens is 616 g/mol. The van der Waals surface area contributed by atoms with Crippen molar-refractivity contribution in [3.05, 3.63) is 112 Å². The van der Waals surface area contributed by atoms with Gasteiger partial charge in [-0.15, -0.1) is 0 Å². The number of rotatable bonds is 9. The number of likely N-dealkylation sites (tertiary alicyclic amines) is 2. The van der Waals surface area contributed by atoms with Crippen molar-refractivity contribution in [3.8, 4) is 17.1 Å². The number of pyridine rings is 1. The summed E-state index contributed by atoms with van der Waals surface area (Å²) >= 11 is 0. The lowest BCUT2D eigenvalue weighted by Crippen LogP contribution is -2.49. The Kier molecular flexibility index (Phi) is 8.55. The van der Waals surface area contributed by atoms with E-state index in [-0.39, 0.29) is 11.7 Å². The summed E-state index contributed by atoms with van der Waals surface area (Å²) in [5.41, 5.74) is 5.66. The lowest BCUT2D eigenvalue weighted by Gasteiger charge is -2.39. The fourth-order valence-electron chi connectivity index (χ4n) is 7.94. The van der Waals surface area contributed by atoms with Crippen molar-refractivity contribution in [2.24, 2.45) is 13.0 Å². The minimum Gasteiger partial charge on any atom is -0.474 e. The van der Waals surface area contributed by atoms with Crippen LogP contribution in [0.2, 0.25) is 0 Å². The van der Waals surface area contributed by atoms with E-state index >= 15 is 0 Å². The summed E-state index contributed by atoms with van der Waals surface area (Å²) in [6.07, 6.45) is 2.97. The lowest BCUT2D eigenvalue weighted by molar-refractivity contribution is 0.0758. The van der Waals surface area contributed by atoms with Gasteiger partial charge in [0.2, 0.25) is 5.88 Å². The summed E-state index contributed by atoms with van der Waals surface area (Å²) in [7, 11) is 2.00. The second-order valence-electron chi connectivity index (χ2n) is 13.6. The lowest BCUT2D eigenvalue weighted by atomic mass is 9.96. The Labute approximate surface area is 285 Å². The van der Waals surface area contributed by atoms with Crippen LogP contribution < -0.4 is 15.2 Å². The number of H-pyrrole nitrogens is 1. The molecule has 3 fully saturated rings. The highest BCUT2D eigenvalue weighted by molar-refractivity contribution is 6.01. The largest absolute Gasteiger partial charge is 0.474 e. The van der Waals surface area contributed by atoms with Crippen molar-refractivity contribution >= 4 is 22.7 Å². The SMILES string of the molecule is Cn1nc(-c2ccc(=O)[nH]c2OCc2ccccc2)c2cccc(N3C[C@H]4C[C@@H]3CN4CC3CCN(C(=O)OCc4ccccc4)CC3)c21. The summed E-state index contributed by atoms with van der Waals surface area (Å²) in [6.45, 7) is 5.29. The molecule has 0 radical (unpaired) electrons. The number of aryl methyl sites for hydroxylation is 1. The Morgan fingerprint density at radius 1 is 0.857 bits per heavy atom. The molecule has 3 saturated heterocycles. The van der Waals surface area contributed by atoms with Crippen molar-refractivity contribution in [1.82, 2.24) is 24.6 Å². The molecule has 3 aliphatic heterocycles. The molecule has 10 nitrogen and oxygen atoms in total. The Morgan fingerprint density at radius 2 is 1.59 bits per heavy atom. The molecule has 2 bridgehead atoms. The van der Waals surface area contributed by atoms with E-state index < -0.39 is 0 Å². The van der Waals surface area contributed by atoms with Gasteiger partial charge in [0.25, 0.3) is 5.56 Å². The molecule has 5 heterocycles. The Morgan fingerprint density at radius 3 is 2.31 bits per heavy atom. The summed E-state index contributed by atoms with van der Waals surface area (Å²) < 4.78 is 13.7. The van der Waals surface area contributed by atoms with E-state index in [1.807, 2.05) is 77.3 Å². The van der Waals surface area contributed by atoms with Gasteiger partial charge in [-0.25, -0.2) is 4.79 Å². The zero-order chi connectivity index (χ0) is 33.3. The predicted molar refractivity (Wildman–Crippen MR) is 190 cm³/mol. The van der Waals surface area contributed by atoms with Gasteiger partial charge in [0.1, 0.15) is 18.9 Å². The van der Waals surface area contributed by atoms with E-state index in [2.05, 4.69) is 33.0 Å². The number of amides is 1. The van der Waals surface area contributed by atoms with Gasteiger partial charge in [-0.05, 0) is 48.4 Å². The number of carbonyl (C=O) groups is 1. The van der Waals surface area contributed by atoms with Crippen molar-refractivity contribution in [1.29, 1.82) is 0 Å². The summed E-state index contributed by atoms with van der Waals surface area (Å²) in [5.74, 6) is 1.01. The first-order chi connectivity index (χ1) is 24.0. The number of anilines is 1. The van der Waals surface area contributed by atoms with E-state index in [1.165, 1.54) is 11.8 Å². The quantitative estimate of drug-likeness (QED) is 0.213. The molecule has 3 aromatic carbocycles. The van der Waals surface area contributed by atoms with Crippen LogP contribution in [-0.4, -0.2) is 75.5 Å². The maximum absolute atomic E-state index is 12.7. The molecule has 0 unspecified atom stereocenters. The maximum Gasteiger partial charge on any atom is 0.410 e. The highest BCUT2D eigenvalue weighted by Gasteiger charge is 2.44. The number of nitrogens with one attached hydrogen (secondary N) is 1. The number of aromatic amines is 1. The molecule has 2 atom stereocenters. The molecular formula is C39H42N6O4. The third-order valence-electron chi connectivity index (χ3n) is 10.4. The first-order valence-corrected chi connectivity index (χ1v) is 17.3. The van der Waals surface area contributed by atoms with Gasteiger partial charge in [0.15, 0.2) is 0 Å². The van der Waals surface area contributed by atoms with Crippen molar-refractivity contribution in [3.63, 3.8) is 0 Å². The number of carbonyl (C=O) groups excluding carboxylic acids is 1. The van der Waals surface area contributed by atoms with Crippen molar-refractivity contribution < 1.29 is 14.3 Å². The highest BCUT2D eigenvalue weighted by Crippen LogP contribution is 2.41. The molecule has 49 heavy (non-hydrogen) atoms. The van der Waals surface area contributed by atoms with Gasteiger partial charge in [0.05, 0.1) is 16.8 Å². The fraction of sp³-hybridized carbons (Fsp3) is 0.359. The molecule has 10 heteroatoms. The van der Waals surface area contributed by atoms with Crippen molar-refractivity contribution in [2.45, 2.75) is 44.6 Å². The molecule has 2 aromatic heterocycles. The molecule has 0 aliphatic carbocycles. The zero-order valence-electron chi connectivity index (χ0n) is 27.8. The predicted octanol–water partition coefficient (Wildman–Crippen LogP) is 5.82. The number of hydrogen-bond acceptors (Lipinski definition) is 7. The highest BCUT2D eigenvalue weighted by atomic mass is 16.6. The maximum atomic E-state index is 12.7. The van der Waals surface area contributed by atoms with Crippen LogP contribution in [0.25, 0.3) is 22.2 Å². The van der Waals surface area contributed by atoms with Gasteiger partial charge in [0, 0.05) is 63.3 Å². The number of para-hydroxylation sites is 1. The molecule has 8 rings (SSSR count). The van der Waals surface area contributed by atoms with E-state index in [1.54, 1.807) is 6.07 Å². The van der Waals surface area contributed by atoms with E-state index in [4.69, 9.17) is 14.6 Å². The Balaban J connectivity index is 0.918. The first-order valence-electron chi connectivity index (χ1n) is 17.3. The van der Waals surface area contributed by atoms with Crippen LogP contribution in [0, 0.1) is 5.92 Å². The second kappa shape index (κ2) is 13.4. The smallest absolute Gasteiger partial charge is 0.410 e. The second-order valence-corrected chi connectivity index (χ2v) is 13.6. The van der Waals surface area contributed by atoms with Crippen LogP contribution in [0.15, 0.2) is 95.8 Å². The van der Waals surface area contributed by atoms with E-state index in [0.717, 1.165) is 85.3 Å². The Hall–Kier alpha value is -5.09. The van der Waals surface area contributed by atoms with Gasteiger partial charge in [-0.1, -0.05) is 72.8 Å². The number of piperazine rings is 1. The molecule has 1 amide bonds. The number of benzene rings is 3. The number of piperidine rings is 1. The fourth-order valence-corrected chi connectivity index (χ4v) is 7.94. The normalized spacial score (nSPS) is 19.5. The minimum atomic E-state index is -0.211. The zero-order valence-corrected chi connectivity index (χ0v) is 27.8. The van der Waals surface area contributed by atoms with Gasteiger partial charge >= 0.3 is 6.09 Å². The molecule has 0 saturated carbocycles. The summed E-state index contributed by atoms with van der Waals surface area (Å²) in [6, 6.07) is 30.5. The van der Waals surface area contributed by atoms with Gasteiger partial charge in [-0.2, -0.15) is 5.10 Å². The minimum absolute atomic E-state index is 0.206. The van der Waals surface area contributed by atoms with Crippen LogP contribution in [0.1, 0.15) is 30.4 Å². The standard InChI is InChI=1S/C39H42N6O4/c1-42-37-32(36(41-42)33-15-16-35(46)40-38(33)48-25-28-9-4-2-5-10-28)13-8-14-34(37)45-24-30-21-31(45)23-44(30)22-27-17-19-43(20-18-27)39(47)49-26-29-11-6-3-7-12-29/h2-16,27,30-31H,17-26H2,1H3,(H,40,46)/t30-,31-/m1/s1. The third kappa shape index (κ3) is 6.40. The molecule has 0 spiro atoms. The molecule has 5 aromatic rings. The number of nitrogens with zero attached hydrogens (tertiary/aromatic N) is 5. The average molecular weight is 659 g/mol. The summed E-state index contributed by atoms with van der Waals surface area (Å²) in [4.78, 5) is 35.0. The van der Waals surface area contributed by atoms with Crippen LogP contribution in [0.3, 0.4) is 0 Å². The van der Waals surface area contributed by atoms with Crippen LogP contribution in [0.4, 0.5) is 10.5 Å². The van der Waals surface area contributed by atoms with Crippen LogP contribution in [-0.2, 0) is 25.0 Å². The van der Waals surface area contributed by atoms with E-state index in [0.29, 0.717) is 37.1 Å². The topological polar surface area (TPSA) is 95.9 Å². The van der Waals surface area contributed by atoms with Gasteiger partial charge < -0.3 is 19.3 Å². The number of ether oxygens (including phenoxy) is 2. The molecule has 252 valence electrons. The Bertz CT molecular complexity index is 1990.